The first kappa shape index (κ1) is 23.8. The summed E-state index contributed by atoms with van der Waals surface area (Å²) in [6.07, 6.45) is 5.50. The van der Waals surface area contributed by atoms with Crippen LogP contribution >= 0.6 is 11.8 Å². The minimum atomic E-state index is -1.50. The Labute approximate surface area is 178 Å². The van der Waals surface area contributed by atoms with E-state index >= 15 is 0 Å². The first-order valence-corrected chi connectivity index (χ1v) is 11.7. The molecule has 1 saturated carbocycles. The van der Waals surface area contributed by atoms with Crippen LogP contribution in [0.15, 0.2) is 24.3 Å². The van der Waals surface area contributed by atoms with Crippen LogP contribution in [0.2, 0.25) is 0 Å². The lowest BCUT2D eigenvalue weighted by Gasteiger charge is -2.31. The molecule has 4 N–H and O–H groups in total. The average molecular weight is 420 g/mol. The highest BCUT2D eigenvalue weighted by Crippen LogP contribution is 2.33. The van der Waals surface area contributed by atoms with E-state index in [0.29, 0.717) is 30.3 Å². The van der Waals surface area contributed by atoms with Crippen LogP contribution in [0.4, 0.5) is 0 Å². The summed E-state index contributed by atoms with van der Waals surface area (Å²) < 4.78 is 0. The molecule has 1 aliphatic carbocycles. The van der Waals surface area contributed by atoms with E-state index in [1.54, 1.807) is 36.0 Å². The highest BCUT2D eigenvalue weighted by atomic mass is 32.2. The molecule has 8 heteroatoms. The predicted molar refractivity (Wildman–Crippen MR) is 119 cm³/mol. The first-order chi connectivity index (χ1) is 13.8. The highest BCUT2D eigenvalue weighted by Gasteiger charge is 2.31. The molecular weight excluding hydrogens is 387 g/mol. The number of hydrogen-bond acceptors (Lipinski definition) is 5. The highest BCUT2D eigenvalue weighted by molar-refractivity contribution is 7.98. The molecule has 0 heterocycles. The van der Waals surface area contributed by atoms with Crippen molar-refractivity contribution in [3.8, 4) is 0 Å². The topological polar surface area (TPSA) is 98.7 Å². The van der Waals surface area contributed by atoms with Crippen molar-refractivity contribution in [1.29, 1.82) is 0 Å². The van der Waals surface area contributed by atoms with Crippen molar-refractivity contribution in [2.45, 2.75) is 52.1 Å². The molecule has 0 aliphatic heterocycles. The number of carbonyl (C=O) groups excluding carboxylic acids is 2. The van der Waals surface area contributed by atoms with Gasteiger partial charge in [-0.1, -0.05) is 38.1 Å². The second kappa shape index (κ2) is 11.6. The van der Waals surface area contributed by atoms with Gasteiger partial charge in [-0.05, 0) is 60.6 Å². The largest absolute Gasteiger partial charge is 0.488 e. The summed E-state index contributed by atoms with van der Waals surface area (Å²) in [5.74, 6) is 1.65. The van der Waals surface area contributed by atoms with Gasteiger partial charge in [0.1, 0.15) is 6.04 Å². The van der Waals surface area contributed by atoms with Gasteiger partial charge in [0.05, 0.1) is 0 Å². The summed E-state index contributed by atoms with van der Waals surface area (Å²) in [4.78, 5) is 25.5. The molecule has 160 valence electrons. The van der Waals surface area contributed by atoms with Crippen LogP contribution in [-0.4, -0.2) is 47.0 Å². The Bertz CT molecular complexity index is 661. The fourth-order valence-corrected chi connectivity index (χ4v) is 4.55. The van der Waals surface area contributed by atoms with Crippen molar-refractivity contribution in [1.82, 2.24) is 10.6 Å². The molecular formula is C21H33BN2O4S. The van der Waals surface area contributed by atoms with Crippen LogP contribution < -0.4 is 16.1 Å². The van der Waals surface area contributed by atoms with E-state index in [0.717, 1.165) is 30.6 Å². The monoisotopic (exact) mass is 420 g/mol. The van der Waals surface area contributed by atoms with Gasteiger partial charge in [0.15, 0.2) is 0 Å². The first-order valence-electron chi connectivity index (χ1n) is 10.3. The minimum Gasteiger partial charge on any atom is -0.423 e. The maximum absolute atomic E-state index is 12.8. The lowest BCUT2D eigenvalue weighted by molar-refractivity contribution is -0.132. The van der Waals surface area contributed by atoms with Gasteiger partial charge in [-0.2, -0.15) is 11.8 Å². The van der Waals surface area contributed by atoms with E-state index in [9.17, 15) is 9.59 Å². The molecule has 29 heavy (non-hydrogen) atoms. The zero-order valence-corrected chi connectivity index (χ0v) is 18.4. The molecule has 1 aromatic carbocycles. The summed E-state index contributed by atoms with van der Waals surface area (Å²) in [6, 6.07) is 6.18. The van der Waals surface area contributed by atoms with Gasteiger partial charge < -0.3 is 20.7 Å². The fraction of sp³-hybridized carbons (Fsp3) is 0.619. The van der Waals surface area contributed by atoms with E-state index in [-0.39, 0.29) is 17.7 Å². The van der Waals surface area contributed by atoms with Crippen LogP contribution in [0, 0.1) is 17.8 Å². The summed E-state index contributed by atoms with van der Waals surface area (Å²) in [6.45, 7) is 4.70. The predicted octanol–water partition coefficient (Wildman–Crippen LogP) is 1.29. The van der Waals surface area contributed by atoms with Crippen LogP contribution in [0.1, 0.15) is 45.1 Å². The molecule has 1 aliphatic rings. The van der Waals surface area contributed by atoms with Crippen molar-refractivity contribution in [3.63, 3.8) is 0 Å². The van der Waals surface area contributed by atoms with E-state index in [1.807, 2.05) is 6.26 Å². The van der Waals surface area contributed by atoms with Crippen molar-refractivity contribution >= 4 is 36.2 Å². The molecule has 0 aromatic heterocycles. The third kappa shape index (κ3) is 7.68. The van der Waals surface area contributed by atoms with Crippen LogP contribution in [-0.2, 0) is 16.1 Å². The third-order valence-electron chi connectivity index (χ3n) is 5.54. The zero-order chi connectivity index (χ0) is 21.4. The number of thioether (sulfide) groups is 1. The number of benzene rings is 1. The minimum absolute atomic E-state index is 0.00839. The Hall–Kier alpha value is -1.51. The Morgan fingerprint density at radius 2 is 1.76 bits per heavy atom. The number of carbonyl (C=O) groups is 2. The standard InChI is InChI=1S/C21H33BN2O4S/c1-14-10-15(2)12-17(11-14)20(25)24-19(8-9-29-3)21(26)23-13-16-4-6-18(7-5-16)22(27)28/h4-7,14-15,17,19,27-28H,8-13H2,1-3H3,(H,23,26)(H,24,25)/t14-,15+,17?,19-/m0/s1. The van der Waals surface area contributed by atoms with Gasteiger partial charge in [-0.3, -0.25) is 9.59 Å². The molecule has 2 amide bonds. The van der Waals surface area contributed by atoms with Gasteiger partial charge >= 0.3 is 7.12 Å². The van der Waals surface area contributed by atoms with Gasteiger partial charge in [0.2, 0.25) is 11.8 Å². The number of rotatable bonds is 9. The second-order valence-electron chi connectivity index (χ2n) is 8.29. The molecule has 0 radical (unpaired) electrons. The SMILES string of the molecule is CSCC[C@H](NC(=O)C1C[C@@H](C)C[C@@H](C)C1)C(=O)NCc1ccc(B(O)O)cc1. The molecule has 1 fully saturated rings. The van der Waals surface area contributed by atoms with Crippen molar-refractivity contribution in [3.05, 3.63) is 29.8 Å². The summed E-state index contributed by atoms with van der Waals surface area (Å²) >= 11 is 1.65. The molecule has 1 unspecified atom stereocenters. The molecule has 1 aromatic rings. The Morgan fingerprint density at radius 1 is 1.14 bits per heavy atom. The lowest BCUT2D eigenvalue weighted by Crippen LogP contribution is -2.49. The van der Waals surface area contributed by atoms with E-state index in [1.165, 1.54) is 0 Å². The number of amides is 2. The number of nitrogens with one attached hydrogen (secondary N) is 2. The van der Waals surface area contributed by atoms with E-state index in [4.69, 9.17) is 10.0 Å². The zero-order valence-electron chi connectivity index (χ0n) is 17.6. The van der Waals surface area contributed by atoms with Crippen molar-refractivity contribution in [2.75, 3.05) is 12.0 Å². The quantitative estimate of drug-likeness (QED) is 0.452. The third-order valence-corrected chi connectivity index (χ3v) is 6.18. The van der Waals surface area contributed by atoms with Gasteiger partial charge in [-0.25, -0.2) is 0 Å². The van der Waals surface area contributed by atoms with Crippen molar-refractivity contribution < 1.29 is 19.6 Å². The Kier molecular flexibility index (Phi) is 9.53. The lowest BCUT2D eigenvalue weighted by atomic mass is 9.76. The van der Waals surface area contributed by atoms with Crippen molar-refractivity contribution in [2.24, 2.45) is 17.8 Å². The molecule has 4 atom stereocenters. The molecule has 0 bridgehead atoms. The van der Waals surface area contributed by atoms with Crippen LogP contribution in [0.25, 0.3) is 0 Å². The van der Waals surface area contributed by atoms with E-state index < -0.39 is 13.2 Å². The van der Waals surface area contributed by atoms with Crippen LogP contribution in [0.3, 0.4) is 0 Å². The fourth-order valence-electron chi connectivity index (χ4n) is 4.08. The summed E-state index contributed by atoms with van der Waals surface area (Å²) in [5, 5.41) is 24.2. The molecule has 0 spiro atoms. The van der Waals surface area contributed by atoms with Crippen LogP contribution in [0.5, 0.6) is 0 Å². The van der Waals surface area contributed by atoms with Gasteiger partial charge in [-0.15, -0.1) is 0 Å². The Morgan fingerprint density at radius 3 is 2.31 bits per heavy atom. The summed E-state index contributed by atoms with van der Waals surface area (Å²) in [7, 11) is -1.50. The van der Waals surface area contributed by atoms with Gasteiger partial charge in [0.25, 0.3) is 0 Å². The molecule has 6 nitrogen and oxygen atoms in total. The molecule has 0 saturated heterocycles. The molecule has 2 rings (SSSR count). The smallest absolute Gasteiger partial charge is 0.423 e. The maximum Gasteiger partial charge on any atom is 0.488 e. The normalized spacial score (nSPS) is 22.6. The second-order valence-corrected chi connectivity index (χ2v) is 9.28. The Balaban J connectivity index is 1.93. The summed E-state index contributed by atoms with van der Waals surface area (Å²) in [5.41, 5.74) is 1.26. The van der Waals surface area contributed by atoms with E-state index in [2.05, 4.69) is 24.5 Å². The average Bonchev–Trinajstić information content (AvgIpc) is 2.68. The number of hydrogen-bond donors (Lipinski definition) is 4. The van der Waals surface area contributed by atoms with Gasteiger partial charge in [0, 0.05) is 12.5 Å². The maximum atomic E-state index is 12.8.